The molecule has 0 atom stereocenters. The molecule has 2 rings (SSSR count). The van der Waals surface area contributed by atoms with Crippen LogP contribution in [-0.4, -0.2) is 23.9 Å². The number of rotatable bonds is 1. The molecular formula is C11H13FN2O. The van der Waals surface area contributed by atoms with E-state index in [1.165, 1.54) is 18.2 Å². The molecule has 1 fully saturated rings. The Morgan fingerprint density at radius 2 is 2.00 bits per heavy atom. The van der Waals surface area contributed by atoms with E-state index in [0.29, 0.717) is 5.69 Å². The van der Waals surface area contributed by atoms with E-state index >= 15 is 0 Å². The van der Waals surface area contributed by atoms with Crippen LogP contribution in [0.1, 0.15) is 23.2 Å². The van der Waals surface area contributed by atoms with Gasteiger partial charge in [-0.05, 0) is 31.0 Å². The first-order valence-corrected chi connectivity index (χ1v) is 5.03. The van der Waals surface area contributed by atoms with Gasteiger partial charge in [0.25, 0.3) is 5.91 Å². The molecule has 3 nitrogen and oxygen atoms in total. The van der Waals surface area contributed by atoms with Crippen LogP contribution in [0, 0.1) is 5.82 Å². The number of amides is 1. The van der Waals surface area contributed by atoms with Gasteiger partial charge in [0.05, 0.1) is 5.56 Å². The van der Waals surface area contributed by atoms with Crippen molar-refractivity contribution in [1.82, 2.24) is 4.90 Å². The maximum Gasteiger partial charge on any atom is 0.256 e. The van der Waals surface area contributed by atoms with Gasteiger partial charge in [0.2, 0.25) is 0 Å². The van der Waals surface area contributed by atoms with Crippen molar-refractivity contribution in [3.05, 3.63) is 29.6 Å². The van der Waals surface area contributed by atoms with Gasteiger partial charge in [-0.15, -0.1) is 0 Å². The van der Waals surface area contributed by atoms with Gasteiger partial charge in [0.15, 0.2) is 0 Å². The number of benzene rings is 1. The number of nitrogens with two attached hydrogens (primary N) is 1. The smallest absolute Gasteiger partial charge is 0.256 e. The second-order valence-electron chi connectivity index (χ2n) is 3.73. The molecule has 2 N–H and O–H groups in total. The summed E-state index contributed by atoms with van der Waals surface area (Å²) in [6, 6.07) is 3.89. The Bertz CT molecular complexity index is 386. The van der Waals surface area contributed by atoms with Crippen molar-refractivity contribution in [2.24, 2.45) is 0 Å². The fourth-order valence-electron chi connectivity index (χ4n) is 1.80. The fourth-order valence-corrected chi connectivity index (χ4v) is 1.80. The number of nitrogens with zero attached hydrogens (tertiary/aromatic N) is 1. The number of carbonyl (C=O) groups excluding carboxylic acids is 1. The highest BCUT2D eigenvalue weighted by Crippen LogP contribution is 2.18. The molecule has 1 saturated heterocycles. The zero-order valence-corrected chi connectivity index (χ0v) is 8.37. The van der Waals surface area contributed by atoms with Crippen LogP contribution < -0.4 is 5.73 Å². The zero-order chi connectivity index (χ0) is 10.8. The third-order valence-corrected chi connectivity index (χ3v) is 2.64. The van der Waals surface area contributed by atoms with E-state index in [1.54, 1.807) is 4.90 Å². The highest BCUT2D eigenvalue weighted by molar-refractivity contribution is 5.99. The van der Waals surface area contributed by atoms with Gasteiger partial charge in [-0.1, -0.05) is 0 Å². The molecule has 0 aliphatic carbocycles. The maximum atomic E-state index is 13.0. The monoisotopic (exact) mass is 208 g/mol. The Morgan fingerprint density at radius 3 is 2.67 bits per heavy atom. The van der Waals surface area contributed by atoms with Crippen molar-refractivity contribution in [2.75, 3.05) is 18.8 Å². The van der Waals surface area contributed by atoms with Crippen molar-refractivity contribution >= 4 is 11.6 Å². The number of likely N-dealkylation sites (tertiary alicyclic amines) is 1. The lowest BCUT2D eigenvalue weighted by molar-refractivity contribution is 0.0793. The summed E-state index contributed by atoms with van der Waals surface area (Å²) in [4.78, 5) is 13.6. The van der Waals surface area contributed by atoms with Crippen LogP contribution in [0.2, 0.25) is 0 Å². The summed E-state index contributed by atoms with van der Waals surface area (Å²) in [6.45, 7) is 1.49. The average Bonchev–Trinajstić information content (AvgIpc) is 2.74. The molecule has 1 aromatic carbocycles. The average molecular weight is 208 g/mol. The van der Waals surface area contributed by atoms with Gasteiger partial charge in [0.1, 0.15) is 5.82 Å². The highest BCUT2D eigenvalue weighted by Gasteiger charge is 2.21. The molecule has 0 saturated carbocycles. The van der Waals surface area contributed by atoms with Crippen LogP contribution in [0.25, 0.3) is 0 Å². The van der Waals surface area contributed by atoms with Gasteiger partial charge in [-0.3, -0.25) is 4.79 Å². The lowest BCUT2D eigenvalue weighted by Crippen LogP contribution is -2.28. The summed E-state index contributed by atoms with van der Waals surface area (Å²) in [7, 11) is 0. The molecule has 1 heterocycles. The first-order chi connectivity index (χ1) is 7.18. The number of hydrogen-bond acceptors (Lipinski definition) is 2. The summed E-state index contributed by atoms with van der Waals surface area (Å²) >= 11 is 0. The second-order valence-corrected chi connectivity index (χ2v) is 3.73. The van der Waals surface area contributed by atoms with Crippen molar-refractivity contribution in [1.29, 1.82) is 0 Å². The topological polar surface area (TPSA) is 46.3 Å². The van der Waals surface area contributed by atoms with Crippen molar-refractivity contribution in [2.45, 2.75) is 12.8 Å². The van der Waals surface area contributed by atoms with Crippen LogP contribution in [0.3, 0.4) is 0 Å². The summed E-state index contributed by atoms with van der Waals surface area (Å²) in [5, 5.41) is 0. The molecule has 1 aliphatic heterocycles. The molecule has 15 heavy (non-hydrogen) atoms. The number of nitrogen functional groups attached to an aromatic ring is 1. The van der Waals surface area contributed by atoms with E-state index in [0.717, 1.165) is 25.9 Å². The Hall–Kier alpha value is -1.58. The van der Waals surface area contributed by atoms with Crippen LogP contribution in [0.4, 0.5) is 10.1 Å². The molecular weight excluding hydrogens is 195 g/mol. The predicted octanol–water partition coefficient (Wildman–Crippen LogP) is 1.64. The highest BCUT2D eigenvalue weighted by atomic mass is 19.1. The Kier molecular flexibility index (Phi) is 2.58. The maximum absolute atomic E-state index is 13.0. The summed E-state index contributed by atoms with van der Waals surface area (Å²) in [6.07, 6.45) is 2.03. The normalized spacial score (nSPS) is 15.7. The van der Waals surface area contributed by atoms with Gasteiger partial charge >= 0.3 is 0 Å². The summed E-state index contributed by atoms with van der Waals surface area (Å²) < 4.78 is 13.0. The van der Waals surface area contributed by atoms with Crippen LogP contribution >= 0.6 is 0 Å². The van der Waals surface area contributed by atoms with Crippen molar-refractivity contribution in [3.8, 4) is 0 Å². The number of halogens is 1. The van der Waals surface area contributed by atoms with E-state index < -0.39 is 5.82 Å². The first kappa shape index (κ1) is 9.96. The molecule has 1 aliphatic rings. The largest absolute Gasteiger partial charge is 0.398 e. The summed E-state index contributed by atoms with van der Waals surface area (Å²) in [5.74, 6) is -0.587. The zero-order valence-electron chi connectivity index (χ0n) is 8.37. The number of carbonyl (C=O) groups is 1. The van der Waals surface area contributed by atoms with E-state index in [1.807, 2.05) is 0 Å². The molecule has 0 unspecified atom stereocenters. The number of anilines is 1. The van der Waals surface area contributed by atoms with Crippen molar-refractivity contribution < 1.29 is 9.18 Å². The minimum Gasteiger partial charge on any atom is -0.398 e. The lowest BCUT2D eigenvalue weighted by atomic mass is 10.1. The Morgan fingerprint density at radius 1 is 1.33 bits per heavy atom. The van der Waals surface area contributed by atoms with E-state index in [9.17, 15) is 9.18 Å². The predicted molar refractivity (Wildman–Crippen MR) is 55.9 cm³/mol. The van der Waals surface area contributed by atoms with Crippen molar-refractivity contribution in [3.63, 3.8) is 0 Å². The minimum absolute atomic E-state index is 0.162. The van der Waals surface area contributed by atoms with Gasteiger partial charge < -0.3 is 10.6 Å². The molecule has 0 aromatic heterocycles. The Balaban J connectivity index is 2.27. The number of hydrogen-bond donors (Lipinski definition) is 1. The van der Waals surface area contributed by atoms with E-state index in [-0.39, 0.29) is 11.5 Å². The quantitative estimate of drug-likeness (QED) is 0.713. The second kappa shape index (κ2) is 3.88. The minimum atomic E-state index is -0.424. The lowest BCUT2D eigenvalue weighted by Gasteiger charge is -2.16. The molecule has 0 bridgehead atoms. The first-order valence-electron chi connectivity index (χ1n) is 5.03. The standard InChI is InChI=1S/C11H13FN2O/c12-8-3-4-10(13)9(7-8)11(15)14-5-1-2-6-14/h3-4,7H,1-2,5-6,13H2. The molecule has 1 aromatic rings. The van der Waals surface area contributed by atoms with Crippen LogP contribution in [-0.2, 0) is 0 Å². The Labute approximate surface area is 87.7 Å². The SMILES string of the molecule is Nc1ccc(F)cc1C(=O)N1CCCC1. The third-order valence-electron chi connectivity index (χ3n) is 2.64. The summed E-state index contributed by atoms with van der Waals surface area (Å²) in [5.41, 5.74) is 6.26. The van der Waals surface area contributed by atoms with E-state index in [2.05, 4.69) is 0 Å². The molecule has 4 heteroatoms. The van der Waals surface area contributed by atoms with Crippen LogP contribution in [0.5, 0.6) is 0 Å². The van der Waals surface area contributed by atoms with E-state index in [4.69, 9.17) is 5.73 Å². The third kappa shape index (κ3) is 1.93. The van der Waals surface area contributed by atoms with Crippen LogP contribution in [0.15, 0.2) is 18.2 Å². The van der Waals surface area contributed by atoms with Gasteiger partial charge in [-0.25, -0.2) is 4.39 Å². The van der Waals surface area contributed by atoms with Gasteiger partial charge in [-0.2, -0.15) is 0 Å². The molecule has 0 radical (unpaired) electrons. The molecule has 1 amide bonds. The molecule has 80 valence electrons. The van der Waals surface area contributed by atoms with Gasteiger partial charge in [0, 0.05) is 18.8 Å². The fraction of sp³-hybridized carbons (Fsp3) is 0.364. The molecule has 0 spiro atoms.